The highest BCUT2D eigenvalue weighted by molar-refractivity contribution is 7.26. The van der Waals surface area contributed by atoms with E-state index in [-0.39, 0.29) is 5.92 Å². The molecule has 1 aromatic heterocycles. The van der Waals surface area contributed by atoms with Crippen molar-refractivity contribution in [2.45, 2.75) is 43.9 Å². The molecule has 0 spiro atoms. The van der Waals surface area contributed by atoms with Crippen LogP contribution in [0, 0.1) is 5.92 Å². The molecule has 0 nitrogen and oxygen atoms in total. The lowest BCUT2D eigenvalue weighted by molar-refractivity contribution is 0.511. The number of thiophene rings is 1. The zero-order chi connectivity index (χ0) is 37.5. The van der Waals surface area contributed by atoms with Crippen LogP contribution in [0.4, 0.5) is 0 Å². The highest BCUT2D eigenvalue weighted by atomic mass is 32.1. The smallest absolute Gasteiger partial charge is 0.0409 e. The highest BCUT2D eigenvalue weighted by Crippen LogP contribution is 2.57. The number of hydrogen-bond donors (Lipinski definition) is 0. The van der Waals surface area contributed by atoms with E-state index in [1.807, 2.05) is 11.3 Å². The van der Waals surface area contributed by atoms with Gasteiger partial charge in [-0.05, 0) is 129 Å². The van der Waals surface area contributed by atoms with Gasteiger partial charge < -0.3 is 0 Å². The molecule has 1 heteroatoms. The summed E-state index contributed by atoms with van der Waals surface area (Å²) in [5, 5.41) is 2.75. The fourth-order valence-electron chi connectivity index (χ4n) is 10.8. The van der Waals surface area contributed by atoms with Gasteiger partial charge in [0, 0.05) is 32.0 Å². The van der Waals surface area contributed by atoms with E-state index in [4.69, 9.17) is 0 Å². The minimum atomic E-state index is 0.174. The van der Waals surface area contributed by atoms with Gasteiger partial charge in [0.1, 0.15) is 0 Å². The molecule has 57 heavy (non-hydrogen) atoms. The molecule has 1 heterocycles. The summed E-state index contributed by atoms with van der Waals surface area (Å²) in [7, 11) is 0. The second kappa shape index (κ2) is 13.3. The first-order valence-electron chi connectivity index (χ1n) is 20.8. The van der Waals surface area contributed by atoms with Crippen molar-refractivity contribution in [2.24, 2.45) is 5.92 Å². The Hall–Kier alpha value is -6.02. The van der Waals surface area contributed by atoms with Crippen LogP contribution in [-0.2, 0) is 0 Å². The lowest BCUT2D eigenvalue weighted by Gasteiger charge is -2.28. The maximum atomic E-state index is 2.61. The largest absolute Gasteiger partial charge is 0.135 e. The third-order valence-corrected chi connectivity index (χ3v) is 14.7. The Kier molecular flexibility index (Phi) is 7.73. The molecule has 0 bridgehead atoms. The first-order valence-corrected chi connectivity index (χ1v) is 21.6. The molecule has 272 valence electrons. The van der Waals surface area contributed by atoms with Gasteiger partial charge >= 0.3 is 0 Å². The lowest BCUT2D eigenvalue weighted by Crippen LogP contribution is -2.13. The van der Waals surface area contributed by atoms with Gasteiger partial charge in [-0.1, -0.05) is 169 Å². The minimum Gasteiger partial charge on any atom is -0.135 e. The normalized spacial score (nSPS) is 19.2. The van der Waals surface area contributed by atoms with Gasteiger partial charge in [0.05, 0.1) is 0 Å². The van der Waals surface area contributed by atoms with E-state index >= 15 is 0 Å². The molecule has 0 aliphatic heterocycles. The first-order chi connectivity index (χ1) is 28.3. The summed E-state index contributed by atoms with van der Waals surface area (Å²) in [6, 6.07) is 57.6. The summed E-state index contributed by atoms with van der Waals surface area (Å²) >= 11 is 1.97. The van der Waals surface area contributed by atoms with Crippen molar-refractivity contribution in [3.05, 3.63) is 215 Å². The molecule has 4 aliphatic carbocycles. The van der Waals surface area contributed by atoms with Crippen LogP contribution in [0.2, 0.25) is 0 Å². The number of rotatable bonds is 5. The Morgan fingerprint density at radius 2 is 1.21 bits per heavy atom. The molecule has 0 amide bonds. The summed E-state index contributed by atoms with van der Waals surface area (Å²) in [6.07, 6.45) is 15.6. The monoisotopic (exact) mass is 746 g/mol. The van der Waals surface area contributed by atoms with Crippen molar-refractivity contribution in [1.82, 2.24) is 0 Å². The van der Waals surface area contributed by atoms with Crippen molar-refractivity contribution >= 4 is 31.5 Å². The van der Waals surface area contributed by atoms with Crippen molar-refractivity contribution < 1.29 is 0 Å². The Balaban J connectivity index is 1.01. The zero-order valence-corrected chi connectivity index (χ0v) is 32.7. The molecule has 0 saturated carbocycles. The Morgan fingerprint density at radius 3 is 2.00 bits per heavy atom. The fourth-order valence-corrected chi connectivity index (χ4v) is 12.1. The maximum Gasteiger partial charge on any atom is 0.0409 e. The number of fused-ring (bicyclic) bond motifs is 10. The molecule has 7 aromatic carbocycles. The third kappa shape index (κ3) is 5.25. The van der Waals surface area contributed by atoms with Crippen LogP contribution in [0.15, 0.2) is 187 Å². The zero-order valence-electron chi connectivity index (χ0n) is 31.9. The predicted molar refractivity (Wildman–Crippen MR) is 242 cm³/mol. The Morgan fingerprint density at radius 1 is 0.509 bits per heavy atom. The van der Waals surface area contributed by atoms with Gasteiger partial charge in [0.25, 0.3) is 0 Å². The van der Waals surface area contributed by atoms with Crippen molar-refractivity contribution in [3.63, 3.8) is 0 Å². The number of allylic oxidation sites excluding steroid dienone is 6. The van der Waals surface area contributed by atoms with Gasteiger partial charge in [-0.3, -0.25) is 0 Å². The van der Waals surface area contributed by atoms with Crippen molar-refractivity contribution in [3.8, 4) is 44.5 Å². The molecule has 0 radical (unpaired) electrons. The lowest BCUT2D eigenvalue weighted by atomic mass is 9.76. The van der Waals surface area contributed by atoms with Crippen LogP contribution >= 0.6 is 11.3 Å². The molecule has 12 rings (SSSR count). The second-order valence-corrected chi connectivity index (χ2v) is 17.5. The number of benzene rings is 7. The molecular weight excluding hydrogens is 705 g/mol. The summed E-state index contributed by atoms with van der Waals surface area (Å²) in [5.74, 6) is 1.21. The van der Waals surface area contributed by atoms with Gasteiger partial charge in [0.15, 0.2) is 0 Å². The summed E-state index contributed by atoms with van der Waals surface area (Å²) in [6.45, 7) is 0. The first kappa shape index (κ1) is 33.2. The third-order valence-electron chi connectivity index (χ3n) is 13.5. The van der Waals surface area contributed by atoms with Crippen molar-refractivity contribution in [1.29, 1.82) is 0 Å². The molecule has 4 aliphatic rings. The van der Waals surface area contributed by atoms with Gasteiger partial charge in [-0.2, -0.15) is 0 Å². The second-order valence-electron chi connectivity index (χ2n) is 16.5. The van der Waals surface area contributed by atoms with E-state index in [0.29, 0.717) is 11.8 Å². The molecule has 0 saturated heterocycles. The SMILES string of the molecule is C1=CCCC(C2CC=C(C3c4ccccc4-c4cc(-c5cc6c(c7sc8ccccc8c57)C(c5ccc(-c7ccccc7)cc5)c5ccccc5-6)ccc43)CC2)=C1. The average molecular weight is 747 g/mol. The van der Waals surface area contributed by atoms with Crippen LogP contribution in [-0.4, -0.2) is 0 Å². The van der Waals surface area contributed by atoms with E-state index in [9.17, 15) is 0 Å². The predicted octanol–water partition coefficient (Wildman–Crippen LogP) is 15.7. The summed E-state index contributed by atoms with van der Waals surface area (Å²) in [4.78, 5) is 0. The molecule has 0 fully saturated rings. The molecule has 0 N–H and O–H groups in total. The van der Waals surface area contributed by atoms with Crippen LogP contribution < -0.4 is 0 Å². The number of hydrogen-bond acceptors (Lipinski definition) is 1. The van der Waals surface area contributed by atoms with Gasteiger partial charge in [0.2, 0.25) is 0 Å². The highest BCUT2D eigenvalue weighted by Gasteiger charge is 2.36. The van der Waals surface area contributed by atoms with E-state index in [2.05, 4.69) is 176 Å². The summed E-state index contributed by atoms with van der Waals surface area (Å²) < 4.78 is 2.77. The van der Waals surface area contributed by atoms with Crippen LogP contribution in [0.25, 0.3) is 64.7 Å². The Labute approximate surface area is 339 Å². The molecule has 8 aromatic rings. The van der Waals surface area contributed by atoms with E-state index in [1.54, 1.807) is 11.1 Å². The standard InChI is InChI=1S/C56H42S/c1-3-13-35(14-4-1)37-23-27-39(28-24-37)52-44-19-9-7-17-42(44)49-33-41(31-32-46(49)52)48-34-50-43-18-8-10-20-45(43)53(40-29-25-38(26-30-40)36-15-5-2-6-16-36)55(50)56-54(48)47-21-11-12-22-51(47)57-56/h1-3,5-13,15-22,25-27,29-34,37,52-53H,4,14,23-24,28H2. The van der Waals surface area contributed by atoms with Gasteiger partial charge in [-0.25, -0.2) is 0 Å². The minimum absolute atomic E-state index is 0.174. The van der Waals surface area contributed by atoms with E-state index < -0.39 is 0 Å². The van der Waals surface area contributed by atoms with Gasteiger partial charge in [-0.15, -0.1) is 11.3 Å². The summed E-state index contributed by atoms with van der Waals surface area (Å²) in [5.41, 5.74) is 21.1. The van der Waals surface area contributed by atoms with Crippen LogP contribution in [0.5, 0.6) is 0 Å². The average Bonchev–Trinajstić information content (AvgIpc) is 3.95. The topological polar surface area (TPSA) is 0 Å². The van der Waals surface area contributed by atoms with Crippen LogP contribution in [0.1, 0.15) is 71.8 Å². The quantitative estimate of drug-likeness (QED) is 0.154. The molecular formula is C56H42S. The van der Waals surface area contributed by atoms with E-state index in [0.717, 1.165) is 0 Å². The Bertz CT molecular complexity index is 2990. The molecule has 3 atom stereocenters. The van der Waals surface area contributed by atoms with Crippen molar-refractivity contribution in [2.75, 3.05) is 0 Å². The molecule has 3 unspecified atom stereocenters. The maximum absolute atomic E-state index is 2.61. The fraction of sp³-hybridized carbons (Fsp3) is 0.143. The van der Waals surface area contributed by atoms with E-state index in [1.165, 1.54) is 125 Å². The van der Waals surface area contributed by atoms with Crippen LogP contribution in [0.3, 0.4) is 0 Å².